The zero-order chi connectivity index (χ0) is 7.11. The summed E-state index contributed by atoms with van der Waals surface area (Å²) in [6.07, 6.45) is 5.13. The zero-order valence-electron chi connectivity index (χ0n) is 6.78. The van der Waals surface area contributed by atoms with Gasteiger partial charge < -0.3 is 0 Å². The molecule has 54 valence electrons. The Morgan fingerprint density at radius 1 is 1.33 bits per heavy atom. The molecule has 0 bridgehead atoms. The molecule has 0 heterocycles. The lowest BCUT2D eigenvalue weighted by molar-refractivity contribution is 0.740. The second kappa shape index (κ2) is 5.80. The number of rotatable bonds is 4. The molecule has 1 nitrogen and oxygen atoms in total. The van der Waals surface area contributed by atoms with E-state index >= 15 is 0 Å². The van der Waals surface area contributed by atoms with Gasteiger partial charge >= 0.3 is 0 Å². The molecule has 0 aromatic rings. The van der Waals surface area contributed by atoms with E-state index in [0.717, 1.165) is 0 Å². The fourth-order valence-electron chi connectivity index (χ4n) is 0.743. The van der Waals surface area contributed by atoms with Gasteiger partial charge in [0.05, 0.1) is 0 Å². The number of hydrogen-bond donors (Lipinski definition) is 0. The van der Waals surface area contributed by atoms with Gasteiger partial charge in [-0.3, -0.25) is 4.99 Å². The number of aliphatic imine (C=N–C) groups is 1. The zero-order valence-corrected chi connectivity index (χ0v) is 6.78. The summed E-state index contributed by atoms with van der Waals surface area (Å²) in [7, 11) is 1.86. The van der Waals surface area contributed by atoms with Crippen LogP contribution in [0.2, 0.25) is 0 Å². The summed E-state index contributed by atoms with van der Waals surface area (Å²) in [5.41, 5.74) is 1.28. The predicted octanol–water partition coefficient (Wildman–Crippen LogP) is 2.66. The SMILES string of the molecule is CCCCCC(C)=NC. The van der Waals surface area contributed by atoms with Gasteiger partial charge in [-0.2, -0.15) is 0 Å². The molecule has 9 heavy (non-hydrogen) atoms. The molecule has 0 N–H and O–H groups in total. The van der Waals surface area contributed by atoms with E-state index in [1.165, 1.54) is 31.4 Å². The minimum Gasteiger partial charge on any atom is -0.298 e. The molecule has 0 rings (SSSR count). The van der Waals surface area contributed by atoms with Crippen molar-refractivity contribution >= 4 is 5.71 Å². The fourth-order valence-corrected chi connectivity index (χ4v) is 0.743. The van der Waals surface area contributed by atoms with Crippen molar-refractivity contribution in [3.63, 3.8) is 0 Å². The summed E-state index contributed by atoms with van der Waals surface area (Å²) in [6.45, 7) is 4.31. The third-order valence-electron chi connectivity index (χ3n) is 1.52. The Morgan fingerprint density at radius 3 is 2.44 bits per heavy atom. The fraction of sp³-hybridized carbons (Fsp3) is 0.875. The van der Waals surface area contributed by atoms with E-state index in [4.69, 9.17) is 0 Å². The lowest BCUT2D eigenvalue weighted by atomic mass is 10.1. The molecule has 0 atom stereocenters. The van der Waals surface area contributed by atoms with Crippen LogP contribution < -0.4 is 0 Å². The second-order valence-electron chi connectivity index (χ2n) is 2.42. The van der Waals surface area contributed by atoms with Crippen LogP contribution in [-0.4, -0.2) is 12.8 Å². The van der Waals surface area contributed by atoms with Crippen molar-refractivity contribution in [2.45, 2.75) is 39.5 Å². The highest BCUT2D eigenvalue weighted by molar-refractivity contribution is 5.81. The van der Waals surface area contributed by atoms with Gasteiger partial charge in [-0.05, 0) is 19.8 Å². The Kier molecular flexibility index (Phi) is 5.59. The highest BCUT2D eigenvalue weighted by Gasteiger charge is 1.88. The van der Waals surface area contributed by atoms with E-state index in [-0.39, 0.29) is 0 Å². The molecule has 0 aliphatic heterocycles. The van der Waals surface area contributed by atoms with Crippen LogP contribution in [0.5, 0.6) is 0 Å². The van der Waals surface area contributed by atoms with Crippen molar-refractivity contribution in [1.29, 1.82) is 0 Å². The van der Waals surface area contributed by atoms with Crippen LogP contribution in [0.1, 0.15) is 39.5 Å². The van der Waals surface area contributed by atoms with Gasteiger partial charge in [0, 0.05) is 12.8 Å². The molecule has 0 spiro atoms. The Hall–Kier alpha value is -0.330. The van der Waals surface area contributed by atoms with E-state index in [1.54, 1.807) is 0 Å². The third kappa shape index (κ3) is 5.54. The molecule has 0 aliphatic carbocycles. The molecule has 1 heteroatoms. The number of unbranched alkanes of at least 4 members (excludes halogenated alkanes) is 2. The smallest absolute Gasteiger partial charge is 0.0276 e. The standard InChI is InChI=1S/C8H17N/c1-4-5-6-7-8(2)9-3/h4-7H2,1-3H3. The first-order valence-electron chi connectivity index (χ1n) is 3.73. The Labute approximate surface area is 58.2 Å². The topological polar surface area (TPSA) is 12.4 Å². The summed E-state index contributed by atoms with van der Waals surface area (Å²) >= 11 is 0. The minimum atomic E-state index is 1.18. The largest absolute Gasteiger partial charge is 0.298 e. The first-order valence-corrected chi connectivity index (χ1v) is 3.73. The quantitative estimate of drug-likeness (QED) is 0.406. The molecule has 0 amide bonds. The maximum Gasteiger partial charge on any atom is 0.0276 e. The summed E-state index contributed by atoms with van der Waals surface area (Å²) in [5, 5.41) is 0. The average molecular weight is 127 g/mol. The lowest BCUT2D eigenvalue weighted by Gasteiger charge is -1.95. The molecule has 0 aliphatic rings. The van der Waals surface area contributed by atoms with Crippen LogP contribution >= 0.6 is 0 Å². The Balaban J connectivity index is 3.07. The minimum absolute atomic E-state index is 1.18. The Morgan fingerprint density at radius 2 is 2.00 bits per heavy atom. The third-order valence-corrected chi connectivity index (χ3v) is 1.52. The molecule has 0 saturated heterocycles. The molecule has 0 aromatic carbocycles. The van der Waals surface area contributed by atoms with Crippen molar-refractivity contribution in [2.24, 2.45) is 4.99 Å². The highest BCUT2D eigenvalue weighted by atomic mass is 14.7. The van der Waals surface area contributed by atoms with Crippen LogP contribution in [0.3, 0.4) is 0 Å². The summed E-state index contributed by atoms with van der Waals surface area (Å²) in [6, 6.07) is 0. The van der Waals surface area contributed by atoms with Crippen LogP contribution in [0.25, 0.3) is 0 Å². The average Bonchev–Trinajstić information content (AvgIpc) is 1.89. The van der Waals surface area contributed by atoms with Crippen molar-refractivity contribution in [1.82, 2.24) is 0 Å². The van der Waals surface area contributed by atoms with E-state index in [2.05, 4.69) is 18.8 Å². The maximum atomic E-state index is 4.08. The molecular weight excluding hydrogens is 110 g/mol. The summed E-state index contributed by atoms with van der Waals surface area (Å²) < 4.78 is 0. The molecule has 0 fully saturated rings. The van der Waals surface area contributed by atoms with Crippen molar-refractivity contribution < 1.29 is 0 Å². The highest BCUT2D eigenvalue weighted by Crippen LogP contribution is 1.99. The van der Waals surface area contributed by atoms with Gasteiger partial charge in [0.15, 0.2) is 0 Å². The van der Waals surface area contributed by atoms with Gasteiger partial charge in [-0.25, -0.2) is 0 Å². The van der Waals surface area contributed by atoms with E-state index in [1.807, 2.05) is 7.05 Å². The van der Waals surface area contributed by atoms with Crippen LogP contribution in [-0.2, 0) is 0 Å². The second-order valence-corrected chi connectivity index (χ2v) is 2.42. The van der Waals surface area contributed by atoms with Gasteiger partial charge in [0.25, 0.3) is 0 Å². The molecule has 0 aromatic heterocycles. The van der Waals surface area contributed by atoms with Crippen LogP contribution in [0.15, 0.2) is 4.99 Å². The van der Waals surface area contributed by atoms with Gasteiger partial charge in [0.2, 0.25) is 0 Å². The first kappa shape index (κ1) is 8.67. The maximum absolute atomic E-state index is 4.08. The van der Waals surface area contributed by atoms with Crippen LogP contribution in [0, 0.1) is 0 Å². The van der Waals surface area contributed by atoms with Gasteiger partial charge in [-0.15, -0.1) is 0 Å². The van der Waals surface area contributed by atoms with E-state index in [0.29, 0.717) is 0 Å². The van der Waals surface area contributed by atoms with Crippen molar-refractivity contribution in [3.8, 4) is 0 Å². The van der Waals surface area contributed by atoms with E-state index in [9.17, 15) is 0 Å². The lowest BCUT2D eigenvalue weighted by Crippen LogP contribution is -1.89. The number of nitrogens with zero attached hydrogens (tertiary/aromatic N) is 1. The molecular formula is C8H17N. The predicted molar refractivity (Wildman–Crippen MR) is 43.2 cm³/mol. The monoisotopic (exact) mass is 127 g/mol. The van der Waals surface area contributed by atoms with Crippen molar-refractivity contribution in [2.75, 3.05) is 7.05 Å². The number of hydrogen-bond acceptors (Lipinski definition) is 1. The van der Waals surface area contributed by atoms with Crippen molar-refractivity contribution in [3.05, 3.63) is 0 Å². The first-order chi connectivity index (χ1) is 4.31. The van der Waals surface area contributed by atoms with E-state index < -0.39 is 0 Å². The van der Waals surface area contributed by atoms with Crippen LogP contribution in [0.4, 0.5) is 0 Å². The molecule has 0 radical (unpaired) electrons. The van der Waals surface area contributed by atoms with Gasteiger partial charge in [0.1, 0.15) is 0 Å². The molecule has 0 saturated carbocycles. The Bertz CT molecular complexity index is 84.6. The molecule has 0 unspecified atom stereocenters. The summed E-state index contributed by atoms with van der Waals surface area (Å²) in [4.78, 5) is 4.08. The normalized spacial score (nSPS) is 12.1. The van der Waals surface area contributed by atoms with Gasteiger partial charge in [-0.1, -0.05) is 19.8 Å². The summed E-state index contributed by atoms with van der Waals surface area (Å²) in [5.74, 6) is 0.